The first-order chi connectivity index (χ1) is 7.13. The van der Waals surface area contributed by atoms with E-state index >= 15 is 0 Å². The molecular weight excluding hydrogens is 201 g/mol. The van der Waals surface area contributed by atoms with Crippen molar-refractivity contribution < 1.29 is 19.0 Å². The van der Waals surface area contributed by atoms with Crippen LogP contribution >= 0.6 is 0 Å². The third kappa shape index (κ3) is 1.66. The molecule has 0 radical (unpaired) electrons. The molecule has 2 unspecified atom stereocenters. The number of nitrogens with one attached hydrogen (secondary N) is 1. The van der Waals surface area contributed by atoms with E-state index in [1.54, 1.807) is 18.2 Å². The number of amides is 1. The summed E-state index contributed by atoms with van der Waals surface area (Å²) in [4.78, 5) is 10.7. The number of hydrogen-bond donors (Lipinski definition) is 2. The molecule has 1 aliphatic heterocycles. The van der Waals surface area contributed by atoms with Gasteiger partial charge in [0.25, 0.3) is 0 Å². The lowest BCUT2D eigenvalue weighted by molar-refractivity contribution is -0.167. The number of benzene rings is 1. The lowest BCUT2D eigenvalue weighted by Gasteiger charge is -2.34. The zero-order chi connectivity index (χ0) is 10.9. The molecule has 0 aliphatic carbocycles. The Labute approximate surface area is 85.7 Å². The maximum atomic E-state index is 14.3. The highest BCUT2D eigenvalue weighted by Gasteiger charge is 2.46. The van der Waals surface area contributed by atoms with Gasteiger partial charge in [0.05, 0.1) is 6.54 Å². The van der Waals surface area contributed by atoms with Gasteiger partial charge < -0.3 is 15.2 Å². The molecule has 1 saturated heterocycles. The van der Waals surface area contributed by atoms with Gasteiger partial charge >= 0.3 is 6.09 Å². The van der Waals surface area contributed by atoms with Crippen LogP contribution in [0.3, 0.4) is 0 Å². The van der Waals surface area contributed by atoms with E-state index in [2.05, 4.69) is 10.1 Å². The van der Waals surface area contributed by atoms with E-state index in [0.717, 1.165) is 0 Å². The summed E-state index contributed by atoms with van der Waals surface area (Å²) in [7, 11) is 0. The topological polar surface area (TPSA) is 58.6 Å². The van der Waals surface area contributed by atoms with Crippen LogP contribution in [0.5, 0.6) is 0 Å². The van der Waals surface area contributed by atoms with Crippen molar-refractivity contribution in [3.63, 3.8) is 0 Å². The van der Waals surface area contributed by atoms with Crippen molar-refractivity contribution in [2.75, 3.05) is 6.54 Å². The molecule has 1 aromatic carbocycles. The number of carbonyl (C=O) groups excluding carboxylic acids is 1. The van der Waals surface area contributed by atoms with Gasteiger partial charge in [0.1, 0.15) is 0 Å². The zero-order valence-corrected chi connectivity index (χ0v) is 7.81. The molecule has 2 atom stereocenters. The quantitative estimate of drug-likeness (QED) is 0.725. The number of cyclic esters (lactones) is 1. The van der Waals surface area contributed by atoms with E-state index < -0.39 is 18.1 Å². The summed E-state index contributed by atoms with van der Waals surface area (Å²) in [5.74, 6) is 0. The molecule has 4 nitrogen and oxygen atoms in total. The Balaban J connectivity index is 2.30. The fourth-order valence-corrected chi connectivity index (χ4v) is 1.48. The van der Waals surface area contributed by atoms with E-state index in [0.29, 0.717) is 0 Å². The molecule has 1 aromatic rings. The summed E-state index contributed by atoms with van der Waals surface area (Å²) in [6.45, 7) is -0.295. The van der Waals surface area contributed by atoms with Crippen LogP contribution in [-0.2, 0) is 10.4 Å². The molecule has 1 amide bonds. The highest BCUT2D eigenvalue weighted by Crippen LogP contribution is 2.32. The van der Waals surface area contributed by atoms with Crippen molar-refractivity contribution in [3.8, 4) is 0 Å². The Morgan fingerprint density at radius 2 is 2.13 bits per heavy atom. The zero-order valence-electron chi connectivity index (χ0n) is 7.81. The lowest BCUT2D eigenvalue weighted by atomic mass is 9.94. The molecule has 15 heavy (non-hydrogen) atoms. The minimum Gasteiger partial charge on any atom is -0.416 e. The summed E-state index contributed by atoms with van der Waals surface area (Å²) >= 11 is 0. The number of hydrogen-bond acceptors (Lipinski definition) is 3. The van der Waals surface area contributed by atoms with E-state index in [9.17, 15) is 14.3 Å². The Bertz CT molecular complexity index is 370. The average Bonchev–Trinajstić information content (AvgIpc) is 2.25. The molecule has 1 aliphatic rings. The average molecular weight is 211 g/mol. The highest BCUT2D eigenvalue weighted by atomic mass is 19.1. The molecule has 0 saturated carbocycles. The number of alkyl halides is 1. The summed E-state index contributed by atoms with van der Waals surface area (Å²) in [6.07, 6.45) is -2.58. The second-order valence-electron chi connectivity index (χ2n) is 3.34. The Morgan fingerprint density at radius 1 is 1.47 bits per heavy atom. The number of carbonyl (C=O) groups is 1. The smallest absolute Gasteiger partial charge is 0.409 e. The van der Waals surface area contributed by atoms with E-state index in [-0.39, 0.29) is 12.1 Å². The first-order valence-corrected chi connectivity index (χ1v) is 4.50. The van der Waals surface area contributed by atoms with Crippen molar-refractivity contribution in [2.24, 2.45) is 0 Å². The van der Waals surface area contributed by atoms with Crippen LogP contribution in [0.1, 0.15) is 5.56 Å². The number of aliphatic hydroxyl groups is 1. The summed E-state index contributed by atoms with van der Waals surface area (Å²) in [5, 5.41) is 11.6. The second kappa shape index (κ2) is 3.51. The van der Waals surface area contributed by atoms with Crippen LogP contribution in [0.4, 0.5) is 9.18 Å². The predicted molar refractivity (Wildman–Crippen MR) is 49.7 cm³/mol. The van der Waals surface area contributed by atoms with Gasteiger partial charge in [0.15, 0.2) is 0 Å². The Morgan fingerprint density at radius 3 is 2.73 bits per heavy atom. The van der Waals surface area contributed by atoms with Gasteiger partial charge in [-0.1, -0.05) is 30.3 Å². The van der Waals surface area contributed by atoms with E-state index in [1.165, 1.54) is 12.1 Å². The van der Waals surface area contributed by atoms with E-state index in [4.69, 9.17) is 0 Å². The third-order valence-electron chi connectivity index (χ3n) is 2.35. The number of aliphatic hydroxyl groups excluding tert-OH is 1. The van der Waals surface area contributed by atoms with Gasteiger partial charge in [-0.05, 0) is 5.56 Å². The Kier molecular flexibility index (Phi) is 2.32. The standard InChI is InChI=1S/C10H10FNO3/c11-10(7-4-2-1-3-5-7)6-12-9(14)15-8(10)13/h1-5,8,13H,6H2,(H,12,14). The van der Waals surface area contributed by atoms with Crippen molar-refractivity contribution >= 4 is 6.09 Å². The summed E-state index contributed by atoms with van der Waals surface area (Å²) in [6, 6.07) is 8.11. The van der Waals surface area contributed by atoms with Gasteiger partial charge in [-0.15, -0.1) is 0 Å². The van der Waals surface area contributed by atoms with Crippen molar-refractivity contribution in [3.05, 3.63) is 35.9 Å². The maximum absolute atomic E-state index is 14.3. The van der Waals surface area contributed by atoms with Gasteiger partial charge in [-0.2, -0.15) is 0 Å². The molecule has 0 bridgehead atoms. The Hall–Kier alpha value is -1.62. The fraction of sp³-hybridized carbons (Fsp3) is 0.300. The molecule has 80 valence electrons. The van der Waals surface area contributed by atoms with Gasteiger partial charge in [0, 0.05) is 0 Å². The number of rotatable bonds is 1. The molecular formula is C10H10FNO3. The van der Waals surface area contributed by atoms with Crippen LogP contribution in [0.2, 0.25) is 0 Å². The summed E-state index contributed by atoms with van der Waals surface area (Å²) < 4.78 is 18.7. The van der Waals surface area contributed by atoms with Crippen molar-refractivity contribution in [1.82, 2.24) is 5.32 Å². The number of halogens is 1. The highest BCUT2D eigenvalue weighted by molar-refractivity contribution is 5.68. The van der Waals surface area contributed by atoms with Crippen LogP contribution < -0.4 is 5.32 Å². The SMILES string of the molecule is O=C1NCC(F)(c2ccccc2)C(O)O1. The fourth-order valence-electron chi connectivity index (χ4n) is 1.48. The third-order valence-corrected chi connectivity index (χ3v) is 2.35. The molecule has 1 fully saturated rings. The molecule has 0 spiro atoms. The van der Waals surface area contributed by atoms with Gasteiger partial charge in [-0.25, -0.2) is 9.18 Å². The molecule has 2 rings (SSSR count). The minimum absolute atomic E-state index is 0.275. The number of alkyl carbamates (subject to hydrolysis) is 1. The second-order valence-corrected chi connectivity index (χ2v) is 3.34. The van der Waals surface area contributed by atoms with Crippen LogP contribution in [0.25, 0.3) is 0 Å². The first kappa shape index (κ1) is 9.92. The van der Waals surface area contributed by atoms with Crippen LogP contribution in [-0.4, -0.2) is 24.0 Å². The maximum Gasteiger partial charge on any atom is 0.409 e. The summed E-state index contributed by atoms with van der Waals surface area (Å²) in [5.41, 5.74) is -1.81. The molecule has 1 heterocycles. The van der Waals surface area contributed by atoms with E-state index in [1.807, 2.05) is 0 Å². The van der Waals surface area contributed by atoms with Crippen molar-refractivity contribution in [2.45, 2.75) is 12.0 Å². The number of ether oxygens (including phenoxy) is 1. The van der Waals surface area contributed by atoms with Gasteiger partial charge in [-0.3, -0.25) is 0 Å². The molecule has 2 N–H and O–H groups in total. The van der Waals surface area contributed by atoms with Crippen LogP contribution in [0, 0.1) is 0 Å². The first-order valence-electron chi connectivity index (χ1n) is 4.50. The van der Waals surface area contributed by atoms with Gasteiger partial charge in [0.2, 0.25) is 12.0 Å². The van der Waals surface area contributed by atoms with Crippen LogP contribution in [0.15, 0.2) is 30.3 Å². The predicted octanol–water partition coefficient (Wildman–Crippen LogP) is 0.910. The minimum atomic E-state index is -2.09. The normalized spacial score (nSPS) is 30.5. The lowest BCUT2D eigenvalue weighted by Crippen LogP contribution is -2.53. The molecule has 5 heteroatoms. The molecule has 0 aromatic heterocycles. The van der Waals surface area contributed by atoms with Crippen molar-refractivity contribution in [1.29, 1.82) is 0 Å². The largest absolute Gasteiger partial charge is 0.416 e. The monoisotopic (exact) mass is 211 g/mol.